The van der Waals surface area contributed by atoms with E-state index in [2.05, 4.69) is 47.3 Å². The van der Waals surface area contributed by atoms with Gasteiger partial charge in [-0.2, -0.15) is 0 Å². The zero-order chi connectivity index (χ0) is 16.8. The fourth-order valence-electron chi connectivity index (χ4n) is 3.51. The molecule has 0 radical (unpaired) electrons. The molecule has 2 aromatic rings. The molecule has 1 N–H and O–H groups in total. The zero-order valence-corrected chi connectivity index (χ0v) is 14.5. The van der Waals surface area contributed by atoms with Crippen molar-refractivity contribution in [2.24, 2.45) is 5.92 Å². The highest BCUT2D eigenvalue weighted by atomic mass is 16.5. The number of nitrogens with zero attached hydrogens (tertiary/aromatic N) is 2. The van der Waals surface area contributed by atoms with Gasteiger partial charge in [0.05, 0.1) is 18.3 Å². The van der Waals surface area contributed by atoms with Crippen LogP contribution in [0.3, 0.4) is 0 Å². The molecule has 1 atom stereocenters. The van der Waals surface area contributed by atoms with Crippen molar-refractivity contribution in [2.45, 2.75) is 51.7 Å². The van der Waals surface area contributed by atoms with E-state index in [0.29, 0.717) is 5.92 Å². The van der Waals surface area contributed by atoms with Crippen LogP contribution in [-0.2, 0) is 19.4 Å². The Morgan fingerprint density at radius 1 is 1.25 bits per heavy atom. The Balaban J connectivity index is 1.41. The monoisotopic (exact) mass is 328 g/mol. The normalized spacial score (nSPS) is 17.9. The molecule has 4 heteroatoms. The second-order valence-corrected chi connectivity index (χ2v) is 6.84. The number of aromatic nitrogens is 1. The van der Waals surface area contributed by atoms with Crippen LogP contribution < -0.4 is 0 Å². The molecule has 1 aromatic heterocycles. The summed E-state index contributed by atoms with van der Waals surface area (Å²) in [6, 6.07) is 12.5. The van der Waals surface area contributed by atoms with Crippen molar-refractivity contribution in [1.29, 1.82) is 0 Å². The molecule has 24 heavy (non-hydrogen) atoms. The van der Waals surface area contributed by atoms with E-state index in [1.165, 1.54) is 5.56 Å². The maximum absolute atomic E-state index is 10.5. The van der Waals surface area contributed by atoms with Crippen LogP contribution in [0.25, 0.3) is 0 Å². The van der Waals surface area contributed by atoms with E-state index in [1.807, 2.05) is 6.07 Å². The standard InChI is InChI=1S/C20H28N2O2/c1-2-18-14-19(24-21-18)15-22-12-10-17(11-13-22)20(23)9-8-16-6-4-3-5-7-16/h3-7,14,17,20,23H,2,8-13,15H2,1H3. The van der Waals surface area contributed by atoms with E-state index in [-0.39, 0.29) is 6.10 Å². The third kappa shape index (κ3) is 4.68. The number of aryl methyl sites for hydroxylation is 2. The Morgan fingerprint density at radius 3 is 2.67 bits per heavy atom. The highest BCUT2D eigenvalue weighted by molar-refractivity contribution is 5.14. The van der Waals surface area contributed by atoms with Crippen LogP contribution in [0.1, 0.15) is 43.2 Å². The summed E-state index contributed by atoms with van der Waals surface area (Å²) >= 11 is 0. The minimum atomic E-state index is -0.190. The van der Waals surface area contributed by atoms with Crippen LogP contribution in [0.2, 0.25) is 0 Å². The first kappa shape index (κ1) is 17.2. The summed E-state index contributed by atoms with van der Waals surface area (Å²) in [4.78, 5) is 2.40. The van der Waals surface area contributed by atoms with Gasteiger partial charge in [-0.1, -0.05) is 42.4 Å². The number of benzene rings is 1. The van der Waals surface area contributed by atoms with E-state index >= 15 is 0 Å². The highest BCUT2D eigenvalue weighted by Gasteiger charge is 2.25. The number of hydrogen-bond donors (Lipinski definition) is 1. The van der Waals surface area contributed by atoms with Crippen LogP contribution in [0, 0.1) is 5.92 Å². The molecule has 0 amide bonds. The molecule has 3 rings (SSSR count). The second kappa shape index (κ2) is 8.45. The number of aliphatic hydroxyl groups is 1. The Kier molecular flexibility index (Phi) is 6.05. The van der Waals surface area contributed by atoms with Gasteiger partial charge in [0.2, 0.25) is 0 Å². The van der Waals surface area contributed by atoms with Gasteiger partial charge >= 0.3 is 0 Å². The molecule has 0 aliphatic carbocycles. The van der Waals surface area contributed by atoms with E-state index in [4.69, 9.17) is 4.52 Å². The van der Waals surface area contributed by atoms with Crippen LogP contribution in [0.5, 0.6) is 0 Å². The number of piperidine rings is 1. The Morgan fingerprint density at radius 2 is 2.00 bits per heavy atom. The van der Waals surface area contributed by atoms with Gasteiger partial charge in [0.25, 0.3) is 0 Å². The summed E-state index contributed by atoms with van der Waals surface area (Å²) in [6.45, 7) is 4.97. The lowest BCUT2D eigenvalue weighted by Gasteiger charge is -2.33. The first-order valence-electron chi connectivity index (χ1n) is 9.13. The highest BCUT2D eigenvalue weighted by Crippen LogP contribution is 2.24. The number of aliphatic hydroxyl groups excluding tert-OH is 1. The van der Waals surface area contributed by atoms with Crippen LogP contribution in [0.4, 0.5) is 0 Å². The summed E-state index contributed by atoms with van der Waals surface area (Å²) < 4.78 is 5.38. The van der Waals surface area contributed by atoms with E-state index in [0.717, 1.165) is 63.2 Å². The van der Waals surface area contributed by atoms with Gasteiger partial charge in [-0.25, -0.2) is 0 Å². The largest absolute Gasteiger partial charge is 0.393 e. The lowest BCUT2D eigenvalue weighted by molar-refractivity contribution is 0.0497. The molecule has 1 saturated heterocycles. The van der Waals surface area contributed by atoms with Crippen molar-refractivity contribution in [1.82, 2.24) is 10.1 Å². The molecule has 130 valence electrons. The Bertz CT molecular complexity index is 603. The summed E-state index contributed by atoms with van der Waals surface area (Å²) in [5.41, 5.74) is 2.34. The maximum Gasteiger partial charge on any atom is 0.150 e. The fraction of sp³-hybridized carbons (Fsp3) is 0.550. The average molecular weight is 328 g/mol. The van der Waals surface area contributed by atoms with Crippen LogP contribution >= 0.6 is 0 Å². The average Bonchev–Trinajstić information content (AvgIpc) is 3.09. The maximum atomic E-state index is 10.5. The van der Waals surface area contributed by atoms with Crippen LogP contribution in [-0.4, -0.2) is 34.4 Å². The first-order chi connectivity index (χ1) is 11.7. The number of hydrogen-bond acceptors (Lipinski definition) is 4. The minimum absolute atomic E-state index is 0.190. The molecule has 4 nitrogen and oxygen atoms in total. The van der Waals surface area contributed by atoms with Gasteiger partial charge in [-0.3, -0.25) is 4.90 Å². The molecule has 0 spiro atoms. The van der Waals surface area contributed by atoms with Crippen molar-refractivity contribution in [2.75, 3.05) is 13.1 Å². The lowest BCUT2D eigenvalue weighted by Crippen LogP contribution is -2.37. The molecule has 1 aliphatic rings. The van der Waals surface area contributed by atoms with Crippen molar-refractivity contribution in [3.8, 4) is 0 Å². The third-order valence-corrected chi connectivity index (χ3v) is 5.10. The predicted octanol–water partition coefficient (Wildman–Crippen LogP) is 3.44. The topological polar surface area (TPSA) is 49.5 Å². The van der Waals surface area contributed by atoms with Gasteiger partial charge < -0.3 is 9.63 Å². The van der Waals surface area contributed by atoms with Crippen molar-refractivity contribution >= 4 is 0 Å². The van der Waals surface area contributed by atoms with Gasteiger partial charge in [0, 0.05) is 6.07 Å². The fourth-order valence-corrected chi connectivity index (χ4v) is 3.51. The van der Waals surface area contributed by atoms with E-state index < -0.39 is 0 Å². The minimum Gasteiger partial charge on any atom is -0.393 e. The SMILES string of the molecule is CCc1cc(CN2CCC(C(O)CCc3ccccc3)CC2)on1. The quantitative estimate of drug-likeness (QED) is 0.846. The molecule has 2 heterocycles. The third-order valence-electron chi connectivity index (χ3n) is 5.10. The Labute approximate surface area is 144 Å². The van der Waals surface area contributed by atoms with Crippen LogP contribution in [0.15, 0.2) is 40.9 Å². The molecule has 1 aromatic carbocycles. The lowest BCUT2D eigenvalue weighted by atomic mass is 9.88. The molecule has 0 saturated carbocycles. The van der Waals surface area contributed by atoms with E-state index in [9.17, 15) is 5.11 Å². The second-order valence-electron chi connectivity index (χ2n) is 6.84. The van der Waals surface area contributed by atoms with Crippen molar-refractivity contribution < 1.29 is 9.63 Å². The predicted molar refractivity (Wildman–Crippen MR) is 94.7 cm³/mol. The summed E-state index contributed by atoms with van der Waals surface area (Å²) in [6.07, 6.45) is 4.66. The van der Waals surface area contributed by atoms with Gasteiger partial charge in [-0.05, 0) is 56.7 Å². The van der Waals surface area contributed by atoms with Crippen molar-refractivity contribution in [3.05, 3.63) is 53.4 Å². The molecular weight excluding hydrogens is 300 g/mol. The molecule has 1 aliphatic heterocycles. The summed E-state index contributed by atoms with van der Waals surface area (Å²) in [7, 11) is 0. The molecular formula is C20H28N2O2. The first-order valence-corrected chi connectivity index (χ1v) is 9.13. The zero-order valence-electron chi connectivity index (χ0n) is 14.5. The smallest absolute Gasteiger partial charge is 0.150 e. The molecule has 0 bridgehead atoms. The number of likely N-dealkylation sites (tertiary alicyclic amines) is 1. The molecule has 1 unspecified atom stereocenters. The Hall–Kier alpha value is -1.65. The van der Waals surface area contributed by atoms with E-state index in [1.54, 1.807) is 0 Å². The van der Waals surface area contributed by atoms with Gasteiger partial charge in [0.15, 0.2) is 5.76 Å². The number of rotatable bonds is 7. The van der Waals surface area contributed by atoms with Crippen molar-refractivity contribution in [3.63, 3.8) is 0 Å². The summed E-state index contributed by atoms with van der Waals surface area (Å²) in [5, 5.41) is 14.6. The molecule has 1 fully saturated rings. The summed E-state index contributed by atoms with van der Waals surface area (Å²) in [5.74, 6) is 1.38. The van der Waals surface area contributed by atoms with Gasteiger partial charge in [-0.15, -0.1) is 0 Å². The van der Waals surface area contributed by atoms with Gasteiger partial charge in [0.1, 0.15) is 0 Å².